The third kappa shape index (κ3) is 4.15. The molecule has 0 spiro atoms. The molecule has 1 N–H and O–H groups in total. The predicted octanol–water partition coefficient (Wildman–Crippen LogP) is 2.50. The summed E-state index contributed by atoms with van der Waals surface area (Å²) in [5.41, 5.74) is 1.67. The highest BCUT2D eigenvalue weighted by atomic mass is 16.5. The van der Waals surface area contributed by atoms with E-state index < -0.39 is 0 Å². The van der Waals surface area contributed by atoms with Gasteiger partial charge in [0.2, 0.25) is 5.91 Å². The third-order valence-electron chi connectivity index (χ3n) is 2.18. The fourth-order valence-corrected chi connectivity index (χ4v) is 1.50. The molecule has 1 amide bonds. The Bertz CT molecular complexity index is 436. The van der Waals surface area contributed by atoms with Crippen molar-refractivity contribution in [2.45, 2.75) is 26.7 Å². The Morgan fingerprint density at radius 1 is 1.53 bits per heavy atom. The smallest absolute Gasteiger partial charge is 0.221 e. The van der Waals surface area contributed by atoms with Crippen molar-refractivity contribution in [3.8, 4) is 11.8 Å². The van der Waals surface area contributed by atoms with E-state index in [1.54, 1.807) is 0 Å². The first-order valence-corrected chi connectivity index (χ1v) is 5.57. The van der Waals surface area contributed by atoms with Crippen molar-refractivity contribution in [1.29, 1.82) is 5.26 Å². The minimum Gasteiger partial charge on any atom is -0.492 e. The molecule has 0 aromatic heterocycles. The van der Waals surface area contributed by atoms with Crippen LogP contribution in [0, 0.1) is 11.3 Å². The topological polar surface area (TPSA) is 62.1 Å². The number of rotatable bonds is 5. The maximum Gasteiger partial charge on any atom is 0.221 e. The SMILES string of the molecule is CCOc1ccc(CCC#N)cc1NC(C)=O. The molecular weight excluding hydrogens is 216 g/mol. The second-order valence-corrected chi connectivity index (χ2v) is 3.60. The van der Waals surface area contributed by atoms with Crippen LogP contribution in [-0.2, 0) is 11.2 Å². The summed E-state index contributed by atoms with van der Waals surface area (Å²) in [4.78, 5) is 11.1. The van der Waals surface area contributed by atoms with E-state index in [4.69, 9.17) is 10.00 Å². The number of carbonyl (C=O) groups is 1. The Labute approximate surface area is 101 Å². The van der Waals surface area contributed by atoms with E-state index in [1.807, 2.05) is 25.1 Å². The van der Waals surface area contributed by atoms with Gasteiger partial charge in [0.15, 0.2) is 0 Å². The van der Waals surface area contributed by atoms with Gasteiger partial charge in [-0.2, -0.15) is 5.26 Å². The van der Waals surface area contributed by atoms with Crippen LogP contribution >= 0.6 is 0 Å². The third-order valence-corrected chi connectivity index (χ3v) is 2.18. The lowest BCUT2D eigenvalue weighted by Gasteiger charge is -2.11. The second kappa shape index (κ2) is 6.54. The summed E-state index contributed by atoms with van der Waals surface area (Å²) in [6, 6.07) is 7.68. The van der Waals surface area contributed by atoms with Gasteiger partial charge in [-0.05, 0) is 31.0 Å². The van der Waals surface area contributed by atoms with E-state index in [2.05, 4.69) is 11.4 Å². The van der Waals surface area contributed by atoms with Crippen molar-refractivity contribution in [2.75, 3.05) is 11.9 Å². The van der Waals surface area contributed by atoms with Gasteiger partial charge in [0.25, 0.3) is 0 Å². The van der Waals surface area contributed by atoms with Crippen LogP contribution in [0.1, 0.15) is 25.8 Å². The average Bonchev–Trinajstić information content (AvgIpc) is 2.29. The van der Waals surface area contributed by atoms with Gasteiger partial charge in [0.05, 0.1) is 18.4 Å². The van der Waals surface area contributed by atoms with Crippen LogP contribution in [0.25, 0.3) is 0 Å². The lowest BCUT2D eigenvalue weighted by molar-refractivity contribution is -0.114. The highest BCUT2D eigenvalue weighted by Gasteiger charge is 2.06. The molecule has 1 rings (SSSR count). The van der Waals surface area contributed by atoms with E-state index in [9.17, 15) is 4.79 Å². The molecule has 0 saturated heterocycles. The zero-order chi connectivity index (χ0) is 12.7. The summed E-state index contributed by atoms with van der Waals surface area (Å²) in [6.07, 6.45) is 1.14. The van der Waals surface area contributed by atoms with Crippen LogP contribution < -0.4 is 10.1 Å². The van der Waals surface area contributed by atoms with Gasteiger partial charge in [-0.15, -0.1) is 0 Å². The van der Waals surface area contributed by atoms with Crippen LogP contribution in [0.3, 0.4) is 0 Å². The summed E-state index contributed by atoms with van der Waals surface area (Å²) >= 11 is 0. The summed E-state index contributed by atoms with van der Waals surface area (Å²) < 4.78 is 5.42. The summed E-state index contributed by atoms with van der Waals surface area (Å²) in [5.74, 6) is 0.520. The largest absolute Gasteiger partial charge is 0.492 e. The Morgan fingerprint density at radius 3 is 2.88 bits per heavy atom. The average molecular weight is 232 g/mol. The molecule has 0 aliphatic rings. The molecule has 0 atom stereocenters. The molecule has 1 aromatic carbocycles. The summed E-state index contributed by atoms with van der Waals surface area (Å²) in [7, 11) is 0. The highest BCUT2D eigenvalue weighted by molar-refractivity contribution is 5.90. The summed E-state index contributed by atoms with van der Waals surface area (Å²) in [6.45, 7) is 3.89. The molecule has 4 nitrogen and oxygen atoms in total. The predicted molar refractivity (Wildman–Crippen MR) is 65.8 cm³/mol. The first-order chi connectivity index (χ1) is 8.17. The highest BCUT2D eigenvalue weighted by Crippen LogP contribution is 2.26. The van der Waals surface area contributed by atoms with Gasteiger partial charge in [-0.3, -0.25) is 4.79 Å². The zero-order valence-corrected chi connectivity index (χ0v) is 10.1. The number of nitriles is 1. The number of carbonyl (C=O) groups excluding carboxylic acids is 1. The fourth-order valence-electron chi connectivity index (χ4n) is 1.50. The minimum absolute atomic E-state index is 0.136. The molecule has 0 aliphatic carbocycles. The summed E-state index contributed by atoms with van der Waals surface area (Å²) in [5, 5.41) is 11.3. The number of hydrogen-bond acceptors (Lipinski definition) is 3. The number of aryl methyl sites for hydroxylation is 1. The zero-order valence-electron chi connectivity index (χ0n) is 10.1. The molecule has 0 bridgehead atoms. The van der Waals surface area contributed by atoms with Crippen LogP contribution in [0.2, 0.25) is 0 Å². The van der Waals surface area contributed by atoms with E-state index in [0.717, 1.165) is 5.56 Å². The van der Waals surface area contributed by atoms with Crippen molar-refractivity contribution in [2.24, 2.45) is 0 Å². The van der Waals surface area contributed by atoms with Crippen molar-refractivity contribution < 1.29 is 9.53 Å². The molecular formula is C13H16N2O2. The minimum atomic E-state index is -0.136. The van der Waals surface area contributed by atoms with Crippen molar-refractivity contribution in [1.82, 2.24) is 0 Å². The Kier molecular flexibility index (Phi) is 5.02. The second-order valence-electron chi connectivity index (χ2n) is 3.60. The molecule has 0 aliphatic heterocycles. The Morgan fingerprint density at radius 2 is 2.29 bits per heavy atom. The lowest BCUT2D eigenvalue weighted by Crippen LogP contribution is -2.08. The normalized spacial score (nSPS) is 9.47. The molecule has 0 saturated carbocycles. The molecule has 0 radical (unpaired) electrons. The molecule has 0 unspecified atom stereocenters. The van der Waals surface area contributed by atoms with E-state index in [1.165, 1.54) is 6.92 Å². The van der Waals surface area contributed by atoms with Gasteiger partial charge < -0.3 is 10.1 Å². The first-order valence-electron chi connectivity index (χ1n) is 5.57. The van der Waals surface area contributed by atoms with Gasteiger partial charge >= 0.3 is 0 Å². The molecule has 17 heavy (non-hydrogen) atoms. The van der Waals surface area contributed by atoms with Gasteiger partial charge in [-0.1, -0.05) is 6.07 Å². The fraction of sp³-hybridized carbons (Fsp3) is 0.385. The Balaban J connectivity index is 2.93. The van der Waals surface area contributed by atoms with Gasteiger partial charge in [0.1, 0.15) is 5.75 Å². The van der Waals surface area contributed by atoms with E-state index in [-0.39, 0.29) is 5.91 Å². The molecule has 4 heteroatoms. The number of ether oxygens (including phenoxy) is 1. The number of anilines is 1. The van der Waals surface area contributed by atoms with Crippen LogP contribution in [0.5, 0.6) is 5.75 Å². The number of nitrogens with zero attached hydrogens (tertiary/aromatic N) is 1. The van der Waals surface area contributed by atoms with Crippen molar-refractivity contribution in [3.05, 3.63) is 23.8 Å². The molecule has 0 fully saturated rings. The number of nitrogens with one attached hydrogen (secondary N) is 1. The van der Waals surface area contributed by atoms with Crippen LogP contribution in [-0.4, -0.2) is 12.5 Å². The maximum absolute atomic E-state index is 11.1. The van der Waals surface area contributed by atoms with Crippen LogP contribution in [0.4, 0.5) is 5.69 Å². The monoisotopic (exact) mass is 232 g/mol. The quantitative estimate of drug-likeness (QED) is 0.848. The van der Waals surface area contributed by atoms with E-state index >= 15 is 0 Å². The van der Waals surface area contributed by atoms with Crippen molar-refractivity contribution in [3.63, 3.8) is 0 Å². The number of benzene rings is 1. The van der Waals surface area contributed by atoms with Crippen molar-refractivity contribution >= 4 is 11.6 Å². The van der Waals surface area contributed by atoms with E-state index in [0.29, 0.717) is 30.9 Å². The standard InChI is InChI=1S/C13H16N2O2/c1-3-17-13-7-6-11(5-4-8-14)9-12(13)15-10(2)16/h6-7,9H,3-5H2,1-2H3,(H,15,16). The Hall–Kier alpha value is -2.02. The van der Waals surface area contributed by atoms with Gasteiger partial charge in [0, 0.05) is 13.3 Å². The van der Waals surface area contributed by atoms with Gasteiger partial charge in [-0.25, -0.2) is 0 Å². The number of amides is 1. The first kappa shape index (κ1) is 13.0. The molecule has 0 heterocycles. The molecule has 1 aromatic rings. The lowest BCUT2D eigenvalue weighted by atomic mass is 10.1. The molecule has 90 valence electrons. The number of hydrogen-bond donors (Lipinski definition) is 1. The van der Waals surface area contributed by atoms with Crippen LogP contribution in [0.15, 0.2) is 18.2 Å². The maximum atomic E-state index is 11.1.